The molecule has 1 aromatic carbocycles. The molecule has 2 aliphatic rings. The Morgan fingerprint density at radius 3 is 3.25 bits per heavy atom. The van der Waals surface area contributed by atoms with E-state index < -0.39 is 0 Å². The highest BCUT2D eigenvalue weighted by Crippen LogP contribution is 2.36. The monoisotopic (exact) mass is 327 g/mol. The van der Waals surface area contributed by atoms with Crippen LogP contribution in [0, 0.1) is 5.92 Å². The number of nitrogens with one attached hydrogen (secondary N) is 1. The summed E-state index contributed by atoms with van der Waals surface area (Å²) in [6, 6.07) is 5.97. The quantitative estimate of drug-likeness (QED) is 0.929. The van der Waals surface area contributed by atoms with Gasteiger partial charge in [-0.2, -0.15) is 0 Å². The van der Waals surface area contributed by atoms with E-state index in [2.05, 4.69) is 14.9 Å². The van der Waals surface area contributed by atoms with Gasteiger partial charge in [-0.25, -0.2) is 4.98 Å². The highest BCUT2D eigenvalue weighted by atomic mass is 16.5. The average molecular weight is 327 g/mol. The zero-order chi connectivity index (χ0) is 16.5. The summed E-state index contributed by atoms with van der Waals surface area (Å²) >= 11 is 0. The molecular formula is C18H21N3O3. The maximum absolute atomic E-state index is 12.6. The molecule has 0 radical (unpaired) electrons. The number of nitrogens with zero attached hydrogens (tertiary/aromatic N) is 2. The molecule has 0 saturated heterocycles. The number of aryl methyl sites for hydroxylation is 1. The summed E-state index contributed by atoms with van der Waals surface area (Å²) in [7, 11) is 1.63. The number of carbonyl (C=O) groups is 1. The first kappa shape index (κ1) is 15.1. The van der Waals surface area contributed by atoms with Gasteiger partial charge in [-0.3, -0.25) is 4.79 Å². The van der Waals surface area contributed by atoms with E-state index in [4.69, 9.17) is 9.47 Å². The van der Waals surface area contributed by atoms with E-state index in [0.717, 1.165) is 42.3 Å². The first-order valence-corrected chi connectivity index (χ1v) is 8.33. The minimum atomic E-state index is -0.159. The molecule has 24 heavy (non-hydrogen) atoms. The summed E-state index contributed by atoms with van der Waals surface area (Å²) in [6.45, 7) is 1.18. The van der Waals surface area contributed by atoms with Crippen LogP contribution in [0.3, 0.4) is 0 Å². The second-order valence-electron chi connectivity index (χ2n) is 6.40. The van der Waals surface area contributed by atoms with Crippen LogP contribution in [0.25, 0.3) is 0 Å². The van der Waals surface area contributed by atoms with Gasteiger partial charge in [0.1, 0.15) is 12.4 Å². The number of rotatable bonds is 3. The van der Waals surface area contributed by atoms with Gasteiger partial charge in [0.25, 0.3) is 0 Å². The van der Waals surface area contributed by atoms with E-state index in [9.17, 15) is 4.79 Å². The van der Waals surface area contributed by atoms with Crippen molar-refractivity contribution in [3.05, 3.63) is 42.0 Å². The Morgan fingerprint density at radius 2 is 2.38 bits per heavy atom. The second-order valence-corrected chi connectivity index (χ2v) is 6.40. The van der Waals surface area contributed by atoms with Gasteiger partial charge in [0.2, 0.25) is 5.91 Å². The molecule has 1 amide bonds. The zero-order valence-corrected chi connectivity index (χ0v) is 13.7. The molecule has 0 fully saturated rings. The van der Waals surface area contributed by atoms with Crippen LogP contribution in [-0.2, 0) is 24.2 Å². The van der Waals surface area contributed by atoms with E-state index >= 15 is 0 Å². The van der Waals surface area contributed by atoms with Crippen molar-refractivity contribution in [3.8, 4) is 11.5 Å². The number of hydrogen-bond acceptors (Lipinski definition) is 4. The number of hydrogen-bond donors (Lipinski definition) is 1. The fraction of sp³-hybridized carbons (Fsp3) is 0.444. The first-order chi connectivity index (χ1) is 11.7. The highest BCUT2D eigenvalue weighted by molar-refractivity contribution is 5.80. The van der Waals surface area contributed by atoms with Gasteiger partial charge in [0, 0.05) is 31.4 Å². The van der Waals surface area contributed by atoms with Crippen LogP contribution in [0.2, 0.25) is 0 Å². The lowest BCUT2D eigenvalue weighted by atomic mass is 9.95. The van der Waals surface area contributed by atoms with E-state index in [1.165, 1.54) is 0 Å². The maximum Gasteiger partial charge on any atom is 0.227 e. The predicted octanol–water partition coefficient (Wildman–Crippen LogP) is 1.57. The number of methoxy groups -OCH3 is 1. The first-order valence-electron chi connectivity index (χ1n) is 8.33. The van der Waals surface area contributed by atoms with Crippen molar-refractivity contribution in [1.82, 2.24) is 14.9 Å². The summed E-state index contributed by atoms with van der Waals surface area (Å²) in [5.41, 5.74) is 1.03. The average Bonchev–Trinajstić information content (AvgIpc) is 3.08. The van der Waals surface area contributed by atoms with Crippen LogP contribution in [0.5, 0.6) is 11.5 Å². The topological polar surface area (TPSA) is 65.4 Å². The minimum absolute atomic E-state index is 0.0667. The Labute approximate surface area is 140 Å². The molecule has 2 aromatic rings. The number of amides is 1. The van der Waals surface area contributed by atoms with Gasteiger partial charge in [-0.05, 0) is 24.5 Å². The van der Waals surface area contributed by atoms with E-state index in [-0.39, 0.29) is 17.9 Å². The molecule has 6 heteroatoms. The van der Waals surface area contributed by atoms with Crippen LogP contribution < -0.4 is 14.8 Å². The third-order valence-electron chi connectivity index (χ3n) is 4.83. The number of carbonyl (C=O) groups excluding carboxylic acids is 1. The molecule has 2 atom stereocenters. The molecule has 0 aliphatic carbocycles. The molecular weight excluding hydrogens is 306 g/mol. The molecule has 3 heterocycles. The fourth-order valence-electron chi connectivity index (χ4n) is 3.53. The SMILES string of the molecule is COc1cccc2c1OCC(C(=O)NC1CCc3nccn3C1)C2. The minimum Gasteiger partial charge on any atom is -0.493 e. The van der Waals surface area contributed by atoms with Crippen LogP contribution >= 0.6 is 0 Å². The predicted molar refractivity (Wildman–Crippen MR) is 88.2 cm³/mol. The third kappa shape index (κ3) is 2.72. The number of aromatic nitrogens is 2. The maximum atomic E-state index is 12.6. The van der Waals surface area contributed by atoms with Crippen molar-refractivity contribution in [2.24, 2.45) is 5.92 Å². The number of imidazole rings is 1. The summed E-state index contributed by atoms with van der Waals surface area (Å²) < 4.78 is 13.2. The van der Waals surface area contributed by atoms with Gasteiger partial charge in [-0.1, -0.05) is 12.1 Å². The summed E-state index contributed by atoms with van der Waals surface area (Å²) in [5, 5.41) is 3.18. The largest absolute Gasteiger partial charge is 0.493 e. The Hall–Kier alpha value is -2.50. The van der Waals surface area contributed by atoms with Crippen molar-refractivity contribution in [2.45, 2.75) is 31.8 Å². The van der Waals surface area contributed by atoms with Crippen molar-refractivity contribution in [3.63, 3.8) is 0 Å². The molecule has 0 bridgehead atoms. The number of para-hydroxylation sites is 1. The van der Waals surface area contributed by atoms with Gasteiger partial charge < -0.3 is 19.4 Å². The van der Waals surface area contributed by atoms with E-state index in [1.807, 2.05) is 30.6 Å². The summed E-state index contributed by atoms with van der Waals surface area (Å²) in [4.78, 5) is 17.0. The van der Waals surface area contributed by atoms with E-state index in [0.29, 0.717) is 13.0 Å². The van der Waals surface area contributed by atoms with E-state index in [1.54, 1.807) is 7.11 Å². The van der Waals surface area contributed by atoms with Crippen LogP contribution in [0.15, 0.2) is 30.6 Å². The van der Waals surface area contributed by atoms with Gasteiger partial charge in [0.05, 0.1) is 13.0 Å². The molecule has 126 valence electrons. The molecule has 1 N–H and O–H groups in total. The molecule has 2 unspecified atom stereocenters. The molecule has 0 spiro atoms. The Bertz CT molecular complexity index is 756. The normalized spacial score (nSPS) is 22.0. The number of fused-ring (bicyclic) bond motifs is 2. The molecule has 1 aromatic heterocycles. The Balaban J connectivity index is 1.41. The molecule has 2 aliphatic heterocycles. The van der Waals surface area contributed by atoms with Crippen molar-refractivity contribution in [2.75, 3.05) is 13.7 Å². The van der Waals surface area contributed by atoms with Crippen molar-refractivity contribution < 1.29 is 14.3 Å². The van der Waals surface area contributed by atoms with Gasteiger partial charge in [-0.15, -0.1) is 0 Å². The Morgan fingerprint density at radius 1 is 1.46 bits per heavy atom. The third-order valence-corrected chi connectivity index (χ3v) is 4.83. The number of ether oxygens (including phenoxy) is 2. The smallest absolute Gasteiger partial charge is 0.227 e. The second kappa shape index (κ2) is 6.19. The Kier molecular flexibility index (Phi) is 3.88. The van der Waals surface area contributed by atoms with Gasteiger partial charge >= 0.3 is 0 Å². The lowest BCUT2D eigenvalue weighted by Crippen LogP contribution is -2.46. The van der Waals surface area contributed by atoms with Gasteiger partial charge in [0.15, 0.2) is 11.5 Å². The van der Waals surface area contributed by atoms with Crippen molar-refractivity contribution >= 4 is 5.91 Å². The standard InChI is InChI=1S/C18H21N3O3/c1-23-15-4-2-3-12-9-13(11-24-17(12)15)18(22)20-14-5-6-16-19-7-8-21(16)10-14/h2-4,7-8,13-14H,5-6,9-11H2,1H3,(H,20,22). The van der Waals surface area contributed by atoms with Crippen molar-refractivity contribution in [1.29, 1.82) is 0 Å². The number of benzene rings is 1. The van der Waals surface area contributed by atoms with Crippen LogP contribution in [-0.4, -0.2) is 35.2 Å². The highest BCUT2D eigenvalue weighted by Gasteiger charge is 2.30. The van der Waals surface area contributed by atoms with Crippen LogP contribution in [0.4, 0.5) is 0 Å². The lowest BCUT2D eigenvalue weighted by molar-refractivity contribution is -0.127. The molecule has 4 rings (SSSR count). The lowest BCUT2D eigenvalue weighted by Gasteiger charge is -2.29. The zero-order valence-electron chi connectivity index (χ0n) is 13.7. The molecule has 0 saturated carbocycles. The van der Waals surface area contributed by atoms with Crippen LogP contribution in [0.1, 0.15) is 17.8 Å². The summed E-state index contributed by atoms with van der Waals surface area (Å²) in [6.07, 6.45) is 6.31. The molecule has 6 nitrogen and oxygen atoms in total. The fourth-order valence-corrected chi connectivity index (χ4v) is 3.53. The summed E-state index contributed by atoms with van der Waals surface area (Å²) in [5.74, 6) is 2.50.